The lowest BCUT2D eigenvalue weighted by atomic mass is 9.92. The fourth-order valence-electron chi connectivity index (χ4n) is 5.64. The minimum Gasteiger partial charge on any atom is -0.274 e. The number of carbonyl (C=O) groups is 2. The van der Waals surface area contributed by atoms with Crippen molar-refractivity contribution in [2.45, 2.75) is 51.6 Å². The van der Waals surface area contributed by atoms with E-state index in [1.165, 1.54) is 4.90 Å². The van der Waals surface area contributed by atoms with E-state index in [1.807, 2.05) is 88.2 Å². The zero-order chi connectivity index (χ0) is 26.3. The predicted octanol–water partition coefficient (Wildman–Crippen LogP) is 6.35. The predicted molar refractivity (Wildman–Crippen MR) is 152 cm³/mol. The van der Waals surface area contributed by atoms with Gasteiger partial charge in [0.15, 0.2) is 0 Å². The summed E-state index contributed by atoms with van der Waals surface area (Å²) in [4.78, 5) is 42.1. The van der Waals surface area contributed by atoms with Gasteiger partial charge in [-0.25, -0.2) is 19.1 Å². The van der Waals surface area contributed by atoms with Crippen molar-refractivity contribution < 1.29 is 14.5 Å². The molecule has 6 nitrogen and oxygen atoms in total. The second-order valence-electron chi connectivity index (χ2n) is 10.4. The van der Waals surface area contributed by atoms with Crippen LogP contribution in [0.5, 0.6) is 0 Å². The highest BCUT2D eigenvalue weighted by Gasteiger charge is 2.68. The summed E-state index contributed by atoms with van der Waals surface area (Å²) in [7, 11) is -3.31. The van der Waals surface area contributed by atoms with Gasteiger partial charge in [-0.05, 0) is 47.2 Å². The average Bonchev–Trinajstić information content (AvgIpc) is 3.40. The molecule has 3 aromatic carbocycles. The summed E-state index contributed by atoms with van der Waals surface area (Å²) in [5.74, 6) is -0.273. The van der Waals surface area contributed by atoms with Crippen LogP contribution >= 0.6 is 7.79 Å². The van der Waals surface area contributed by atoms with Crippen molar-refractivity contribution in [2.24, 2.45) is 0 Å². The maximum absolute atomic E-state index is 14.3. The van der Waals surface area contributed by atoms with Crippen LogP contribution in [0.1, 0.15) is 57.1 Å². The molecule has 5 rings (SSSR count). The summed E-state index contributed by atoms with van der Waals surface area (Å²) in [5, 5.41) is 0. The van der Waals surface area contributed by atoms with E-state index in [0.717, 1.165) is 22.5 Å². The smallest absolute Gasteiger partial charge is 0.274 e. The van der Waals surface area contributed by atoms with Gasteiger partial charge in [-0.3, -0.25) is 9.59 Å². The Hall–Kier alpha value is -3.21. The summed E-state index contributed by atoms with van der Waals surface area (Å²) in [5.41, 5.74) is 3.54. The van der Waals surface area contributed by atoms with Crippen molar-refractivity contribution in [1.82, 2.24) is 0 Å². The summed E-state index contributed by atoms with van der Waals surface area (Å²) in [6.07, 6.45) is -0.0141. The molecule has 0 aromatic heterocycles. The van der Waals surface area contributed by atoms with Crippen molar-refractivity contribution >= 4 is 36.7 Å². The third-order valence-electron chi connectivity index (χ3n) is 7.45. The van der Waals surface area contributed by atoms with Gasteiger partial charge in [-0.15, -0.1) is 0 Å². The summed E-state index contributed by atoms with van der Waals surface area (Å²) >= 11 is 0. The molecule has 2 aliphatic heterocycles. The van der Waals surface area contributed by atoms with Crippen LogP contribution in [-0.4, -0.2) is 35.5 Å². The SMILES string of the molecule is CC(C)c1cccc(C(C)C)c1N1C(=O)CC([P+]2(O)N(c3ccccc3)CCN2c2ccccc2)C1=O. The molecule has 1 unspecified atom stereocenters. The number of para-hydroxylation sites is 3. The molecule has 192 valence electrons. The van der Waals surface area contributed by atoms with E-state index >= 15 is 0 Å². The monoisotopic (exact) mass is 516 g/mol. The molecule has 0 bridgehead atoms. The molecule has 0 aliphatic carbocycles. The van der Waals surface area contributed by atoms with Crippen LogP contribution in [0.4, 0.5) is 17.1 Å². The van der Waals surface area contributed by atoms with Crippen molar-refractivity contribution in [1.29, 1.82) is 0 Å². The standard InChI is InChI=1S/C30H35N3O3P/c1-21(2)25-16-11-17-26(22(3)4)29(25)33-28(34)20-27(30(33)35)37(36)31(23-12-7-5-8-13-23)18-19-32(37)24-14-9-6-10-15-24/h5-17,21-22,27,36H,18-20H2,1-4H3/q+1. The van der Waals surface area contributed by atoms with E-state index in [0.29, 0.717) is 18.8 Å². The lowest BCUT2D eigenvalue weighted by Gasteiger charge is -2.34. The summed E-state index contributed by atoms with van der Waals surface area (Å²) < 4.78 is 3.97. The number of benzene rings is 3. The van der Waals surface area contributed by atoms with Crippen molar-refractivity contribution in [3.8, 4) is 0 Å². The summed E-state index contributed by atoms with van der Waals surface area (Å²) in [6.45, 7) is 9.46. The van der Waals surface area contributed by atoms with Gasteiger partial charge < -0.3 is 0 Å². The molecule has 1 atom stereocenters. The van der Waals surface area contributed by atoms with E-state index in [2.05, 4.69) is 27.7 Å². The van der Waals surface area contributed by atoms with E-state index < -0.39 is 13.4 Å². The molecular formula is C30H35N3O3P+. The van der Waals surface area contributed by atoms with Crippen molar-refractivity contribution in [2.75, 3.05) is 27.3 Å². The van der Waals surface area contributed by atoms with E-state index in [4.69, 9.17) is 0 Å². The van der Waals surface area contributed by atoms with Gasteiger partial charge in [0.2, 0.25) is 11.6 Å². The van der Waals surface area contributed by atoms with Gasteiger partial charge >= 0.3 is 7.79 Å². The molecular weight excluding hydrogens is 481 g/mol. The topological polar surface area (TPSA) is 64.1 Å². The molecule has 2 heterocycles. The molecule has 0 radical (unpaired) electrons. The zero-order valence-corrected chi connectivity index (χ0v) is 22.8. The molecule has 2 saturated heterocycles. The Morgan fingerprint density at radius 3 is 1.62 bits per heavy atom. The van der Waals surface area contributed by atoms with Crippen LogP contribution in [0.3, 0.4) is 0 Å². The molecule has 1 N–H and O–H groups in total. The fraction of sp³-hybridized carbons (Fsp3) is 0.333. The Morgan fingerprint density at radius 2 is 1.19 bits per heavy atom. The first-order chi connectivity index (χ1) is 17.7. The first-order valence-corrected chi connectivity index (χ1v) is 14.7. The Bertz CT molecular complexity index is 1220. The van der Waals surface area contributed by atoms with E-state index in [1.54, 1.807) is 0 Å². The number of imide groups is 1. The normalized spacial score (nSPS) is 19.5. The first-order valence-electron chi connectivity index (χ1n) is 13.0. The number of amides is 2. The third kappa shape index (κ3) is 4.22. The number of carbonyl (C=O) groups excluding carboxylic acids is 2. The maximum atomic E-state index is 14.3. The highest BCUT2D eigenvalue weighted by molar-refractivity contribution is 7.75. The van der Waals surface area contributed by atoms with Crippen molar-refractivity contribution in [3.63, 3.8) is 0 Å². The Balaban J connectivity index is 1.64. The quantitative estimate of drug-likeness (QED) is 0.306. The van der Waals surface area contributed by atoms with E-state index in [-0.39, 0.29) is 30.1 Å². The maximum Gasteiger partial charge on any atom is 0.344 e. The number of rotatable bonds is 6. The van der Waals surface area contributed by atoms with Crippen molar-refractivity contribution in [3.05, 3.63) is 90.0 Å². The minimum atomic E-state index is -3.31. The molecule has 3 aromatic rings. The zero-order valence-electron chi connectivity index (χ0n) is 21.9. The van der Waals surface area contributed by atoms with Gasteiger partial charge in [0.05, 0.1) is 36.6 Å². The van der Waals surface area contributed by atoms with Gasteiger partial charge in [-0.1, -0.05) is 82.3 Å². The number of hydrogen-bond donors (Lipinski definition) is 1. The average molecular weight is 517 g/mol. The molecule has 0 saturated carbocycles. The first kappa shape index (κ1) is 25.4. The molecule has 0 spiro atoms. The number of anilines is 3. The summed E-state index contributed by atoms with van der Waals surface area (Å²) in [6, 6.07) is 25.5. The Kier molecular flexibility index (Phi) is 6.82. The Labute approximate surface area is 220 Å². The number of nitrogens with zero attached hydrogens (tertiary/aromatic N) is 3. The van der Waals surface area contributed by atoms with E-state index in [9.17, 15) is 14.5 Å². The van der Waals surface area contributed by atoms with Crippen LogP contribution in [-0.2, 0) is 9.59 Å². The van der Waals surface area contributed by atoms with Crippen LogP contribution in [0.25, 0.3) is 0 Å². The highest BCUT2D eigenvalue weighted by Crippen LogP contribution is 2.71. The molecule has 37 heavy (non-hydrogen) atoms. The van der Waals surface area contributed by atoms with Gasteiger partial charge in [-0.2, -0.15) is 0 Å². The van der Waals surface area contributed by atoms with Gasteiger partial charge in [0.1, 0.15) is 0 Å². The number of hydrogen-bond acceptors (Lipinski definition) is 5. The second-order valence-corrected chi connectivity index (χ2v) is 13.2. The third-order valence-corrected chi connectivity index (χ3v) is 11.0. The second kappa shape index (κ2) is 9.92. The molecule has 2 aliphatic rings. The highest BCUT2D eigenvalue weighted by atomic mass is 31.2. The van der Waals surface area contributed by atoms with Crippen LogP contribution in [0.15, 0.2) is 78.9 Å². The lowest BCUT2D eigenvalue weighted by Crippen LogP contribution is -2.39. The van der Waals surface area contributed by atoms with Crippen LogP contribution in [0.2, 0.25) is 0 Å². The Morgan fingerprint density at radius 1 is 0.730 bits per heavy atom. The molecule has 7 heteroatoms. The minimum absolute atomic E-state index is 0.0141. The van der Waals surface area contributed by atoms with Crippen LogP contribution < -0.4 is 14.2 Å². The fourth-order valence-corrected chi connectivity index (χ4v) is 9.10. The van der Waals surface area contributed by atoms with Gasteiger partial charge in [0.25, 0.3) is 5.91 Å². The molecule has 2 fully saturated rings. The van der Waals surface area contributed by atoms with Crippen LogP contribution in [0, 0.1) is 0 Å². The van der Waals surface area contributed by atoms with Gasteiger partial charge in [0, 0.05) is 0 Å². The molecule has 2 amide bonds. The lowest BCUT2D eigenvalue weighted by molar-refractivity contribution is -0.121. The largest absolute Gasteiger partial charge is 0.344 e.